The number of rotatable bonds is 7. The second kappa shape index (κ2) is 12.2. The van der Waals surface area contributed by atoms with E-state index in [0.29, 0.717) is 49.1 Å². The molecule has 1 heterocycles. The first-order valence-electron chi connectivity index (χ1n) is 10.2. The molecule has 0 aromatic heterocycles. The van der Waals surface area contributed by atoms with Crippen LogP contribution < -0.4 is 14.2 Å². The second-order valence-electron chi connectivity index (χ2n) is 7.12. The van der Waals surface area contributed by atoms with E-state index in [-0.39, 0.29) is 0 Å². The Morgan fingerprint density at radius 3 is 1.79 bits per heavy atom. The Bertz CT molecular complexity index is 1070. The fraction of sp³-hybridized carbons (Fsp3) is 0.364. The van der Waals surface area contributed by atoms with Gasteiger partial charge in [0.1, 0.15) is 5.75 Å². The van der Waals surface area contributed by atoms with Crippen molar-refractivity contribution >= 4 is 22.0 Å². The van der Waals surface area contributed by atoms with Gasteiger partial charge in [-0.15, -0.1) is 0 Å². The summed E-state index contributed by atoms with van der Waals surface area (Å²) in [4.78, 5) is 20.7. The quantitative estimate of drug-likeness (QED) is 0.540. The number of benzene rings is 2. The molecule has 2 N–H and O–H groups in total. The van der Waals surface area contributed by atoms with Crippen LogP contribution in [0, 0.1) is 0 Å². The fourth-order valence-electron chi connectivity index (χ4n) is 3.33. The number of hydrogen-bond donors (Lipinski definition) is 2. The first-order chi connectivity index (χ1) is 16.1. The Kier molecular flexibility index (Phi) is 9.66. The highest BCUT2D eigenvalue weighted by molar-refractivity contribution is 7.89. The summed E-state index contributed by atoms with van der Waals surface area (Å²) in [6, 6.07) is 12.3. The van der Waals surface area contributed by atoms with Crippen molar-refractivity contribution in [2.75, 3.05) is 47.5 Å². The summed E-state index contributed by atoms with van der Waals surface area (Å²) in [6.07, 6.45) is 0. The van der Waals surface area contributed by atoms with Crippen molar-refractivity contribution < 1.29 is 42.4 Å². The van der Waals surface area contributed by atoms with Gasteiger partial charge in [0, 0.05) is 44.4 Å². The summed E-state index contributed by atoms with van der Waals surface area (Å²) in [7, 11) is 1.36. The summed E-state index contributed by atoms with van der Waals surface area (Å²) in [5.74, 6) is -1.67. The Balaban J connectivity index is 0.000000604. The molecule has 0 atom stereocenters. The zero-order valence-corrected chi connectivity index (χ0v) is 19.9. The number of piperazine rings is 1. The lowest BCUT2D eigenvalue weighted by Crippen LogP contribution is -2.48. The van der Waals surface area contributed by atoms with Gasteiger partial charge in [-0.1, -0.05) is 18.2 Å². The van der Waals surface area contributed by atoms with Crippen LogP contribution in [0.3, 0.4) is 0 Å². The van der Waals surface area contributed by atoms with E-state index in [1.807, 2.05) is 18.2 Å². The summed E-state index contributed by atoms with van der Waals surface area (Å²) in [5, 5.41) is 14.8. The summed E-state index contributed by atoms with van der Waals surface area (Å²) < 4.78 is 43.3. The third-order valence-electron chi connectivity index (χ3n) is 5.08. The zero-order chi connectivity index (χ0) is 25.3. The van der Waals surface area contributed by atoms with Crippen molar-refractivity contribution in [3.05, 3.63) is 48.0 Å². The van der Waals surface area contributed by atoms with E-state index in [2.05, 4.69) is 4.90 Å². The molecule has 1 aliphatic rings. The monoisotopic (exact) mass is 496 g/mol. The highest BCUT2D eigenvalue weighted by atomic mass is 32.2. The van der Waals surface area contributed by atoms with E-state index in [1.165, 1.54) is 0 Å². The molecule has 1 aliphatic heterocycles. The maximum Gasteiger partial charge on any atom is 0.414 e. The predicted molar refractivity (Wildman–Crippen MR) is 122 cm³/mol. The molecule has 2 aromatic carbocycles. The van der Waals surface area contributed by atoms with E-state index in [1.54, 1.807) is 49.9 Å². The van der Waals surface area contributed by atoms with Crippen molar-refractivity contribution in [1.29, 1.82) is 0 Å². The molecule has 0 radical (unpaired) electrons. The number of aliphatic carboxylic acids is 2. The normalized spacial score (nSPS) is 14.4. The lowest BCUT2D eigenvalue weighted by atomic mass is 10.1. The smallest absolute Gasteiger partial charge is 0.414 e. The van der Waals surface area contributed by atoms with Crippen LogP contribution in [0.2, 0.25) is 0 Å². The standard InChI is InChI=1S/C20H26N2O5S.C2H2O4/c1-25-18-14-20(27-3)19(26-2)13-16(18)15-21-9-11-22(12-10-21)28(23,24)17-7-5-4-6-8-17;3-1(4)2(5)6/h4-8,13-14H,9-12,15H2,1-3H3;(H,3,4)(H,5,6). The predicted octanol–water partition coefficient (Wildman–Crippen LogP) is 1.37. The minimum Gasteiger partial charge on any atom is -0.496 e. The van der Waals surface area contributed by atoms with Gasteiger partial charge in [0.05, 0.1) is 26.2 Å². The molecule has 0 saturated carbocycles. The van der Waals surface area contributed by atoms with E-state index in [0.717, 1.165) is 11.3 Å². The number of carboxylic acid groups (broad SMARTS) is 2. The van der Waals surface area contributed by atoms with Gasteiger partial charge in [-0.25, -0.2) is 18.0 Å². The molecule has 3 rings (SSSR count). The molecule has 186 valence electrons. The van der Waals surface area contributed by atoms with Gasteiger partial charge in [-0.2, -0.15) is 4.31 Å². The largest absolute Gasteiger partial charge is 0.496 e. The van der Waals surface area contributed by atoms with Gasteiger partial charge in [0.2, 0.25) is 10.0 Å². The van der Waals surface area contributed by atoms with Crippen molar-refractivity contribution in [3.63, 3.8) is 0 Å². The van der Waals surface area contributed by atoms with Crippen LogP contribution in [-0.4, -0.2) is 87.3 Å². The molecule has 1 saturated heterocycles. The Labute approximate surface area is 198 Å². The highest BCUT2D eigenvalue weighted by Crippen LogP contribution is 2.35. The molecule has 1 fully saturated rings. The minimum absolute atomic E-state index is 0.338. The number of sulfonamides is 1. The Morgan fingerprint density at radius 1 is 0.824 bits per heavy atom. The van der Waals surface area contributed by atoms with Crippen LogP contribution in [0.25, 0.3) is 0 Å². The number of ether oxygens (including phenoxy) is 3. The van der Waals surface area contributed by atoms with Crippen LogP contribution in [0.15, 0.2) is 47.4 Å². The van der Waals surface area contributed by atoms with E-state index >= 15 is 0 Å². The maximum atomic E-state index is 12.8. The second-order valence-corrected chi connectivity index (χ2v) is 9.06. The molecule has 34 heavy (non-hydrogen) atoms. The van der Waals surface area contributed by atoms with Gasteiger partial charge in [0.25, 0.3) is 0 Å². The van der Waals surface area contributed by atoms with Crippen molar-refractivity contribution in [3.8, 4) is 17.2 Å². The van der Waals surface area contributed by atoms with E-state index < -0.39 is 22.0 Å². The van der Waals surface area contributed by atoms with Gasteiger partial charge in [-0.05, 0) is 18.2 Å². The van der Waals surface area contributed by atoms with Gasteiger partial charge in [-0.3, -0.25) is 4.90 Å². The molecule has 12 heteroatoms. The zero-order valence-electron chi connectivity index (χ0n) is 19.1. The molecule has 0 amide bonds. The van der Waals surface area contributed by atoms with E-state index in [4.69, 9.17) is 34.0 Å². The number of carbonyl (C=O) groups is 2. The molecule has 11 nitrogen and oxygen atoms in total. The molecular weight excluding hydrogens is 468 g/mol. The number of hydrogen-bond acceptors (Lipinski definition) is 8. The number of methoxy groups -OCH3 is 3. The van der Waals surface area contributed by atoms with Crippen LogP contribution in [0.5, 0.6) is 17.2 Å². The maximum absolute atomic E-state index is 12.8. The fourth-order valence-corrected chi connectivity index (χ4v) is 4.77. The first-order valence-corrected chi connectivity index (χ1v) is 11.6. The van der Waals surface area contributed by atoms with Crippen molar-refractivity contribution in [2.45, 2.75) is 11.4 Å². The third kappa shape index (κ3) is 6.83. The molecule has 0 unspecified atom stereocenters. The SMILES string of the molecule is COc1cc(OC)c(OC)cc1CN1CCN(S(=O)(=O)c2ccccc2)CC1.O=C(O)C(=O)O. The minimum atomic E-state index is -3.45. The number of carboxylic acids is 2. The van der Waals surface area contributed by atoms with Gasteiger partial charge >= 0.3 is 11.9 Å². The Morgan fingerprint density at radius 2 is 1.32 bits per heavy atom. The van der Waals surface area contributed by atoms with Crippen molar-refractivity contribution in [2.24, 2.45) is 0 Å². The molecular formula is C22H28N2O9S. The van der Waals surface area contributed by atoms with E-state index in [9.17, 15) is 8.42 Å². The summed E-state index contributed by atoms with van der Waals surface area (Å²) >= 11 is 0. The average molecular weight is 497 g/mol. The molecule has 0 bridgehead atoms. The molecule has 2 aromatic rings. The summed E-state index contributed by atoms with van der Waals surface area (Å²) in [6.45, 7) is 2.83. The van der Waals surface area contributed by atoms with Crippen LogP contribution in [-0.2, 0) is 26.2 Å². The van der Waals surface area contributed by atoms with Crippen LogP contribution in [0.1, 0.15) is 5.56 Å². The van der Waals surface area contributed by atoms with Gasteiger partial charge < -0.3 is 24.4 Å². The highest BCUT2D eigenvalue weighted by Gasteiger charge is 2.28. The summed E-state index contributed by atoms with van der Waals surface area (Å²) in [5.41, 5.74) is 0.972. The molecule has 0 aliphatic carbocycles. The first kappa shape index (κ1) is 26.9. The topological polar surface area (TPSA) is 143 Å². The van der Waals surface area contributed by atoms with Crippen molar-refractivity contribution in [1.82, 2.24) is 9.21 Å². The lowest BCUT2D eigenvalue weighted by molar-refractivity contribution is -0.159. The van der Waals surface area contributed by atoms with Crippen LogP contribution >= 0.6 is 0 Å². The lowest BCUT2D eigenvalue weighted by Gasteiger charge is -2.34. The Hall–Kier alpha value is -3.35. The number of nitrogens with zero attached hydrogens (tertiary/aromatic N) is 2. The average Bonchev–Trinajstić information content (AvgIpc) is 2.85. The third-order valence-corrected chi connectivity index (χ3v) is 6.99. The molecule has 0 spiro atoms. The van der Waals surface area contributed by atoms with Gasteiger partial charge in [0.15, 0.2) is 11.5 Å². The van der Waals surface area contributed by atoms with Crippen LogP contribution in [0.4, 0.5) is 0 Å².